The Morgan fingerprint density at radius 2 is 1.73 bits per heavy atom. The molecule has 9 nitrogen and oxygen atoms in total. The van der Waals surface area contributed by atoms with Gasteiger partial charge in [0.2, 0.25) is 11.8 Å². The highest BCUT2D eigenvalue weighted by Crippen LogP contribution is 2.64. The molecule has 2 N–H and O–H groups in total. The van der Waals surface area contributed by atoms with Crippen molar-refractivity contribution >= 4 is 35.0 Å². The normalized spacial score (nSPS) is 30.7. The lowest BCUT2D eigenvalue weighted by atomic mass is 9.47. The van der Waals surface area contributed by atoms with Crippen molar-refractivity contribution in [2.24, 2.45) is 29.1 Å². The Labute approximate surface area is 236 Å². The van der Waals surface area contributed by atoms with Crippen LogP contribution in [0.1, 0.15) is 48.5 Å². The van der Waals surface area contributed by atoms with Crippen LogP contribution in [0.3, 0.4) is 0 Å². The van der Waals surface area contributed by atoms with E-state index in [1.165, 1.54) is 43.5 Å². The Morgan fingerprint density at radius 3 is 2.39 bits per heavy atom. The van der Waals surface area contributed by atoms with Crippen LogP contribution in [0.2, 0.25) is 0 Å². The Morgan fingerprint density at radius 1 is 1.02 bits per heavy atom. The van der Waals surface area contributed by atoms with Gasteiger partial charge in [0.05, 0.1) is 35.6 Å². The summed E-state index contributed by atoms with van der Waals surface area (Å²) in [6, 6.07) is 10.4. The first-order chi connectivity index (χ1) is 19.5. The van der Waals surface area contributed by atoms with Crippen LogP contribution in [0.5, 0.6) is 11.5 Å². The Kier molecular flexibility index (Phi) is 6.02. The van der Waals surface area contributed by atoms with Crippen LogP contribution in [0.25, 0.3) is 0 Å². The van der Waals surface area contributed by atoms with E-state index in [1.807, 2.05) is 6.08 Å². The second-order valence-electron chi connectivity index (χ2n) is 11.5. The number of benzene rings is 2. The monoisotopic (exact) mass is 555 g/mol. The van der Waals surface area contributed by atoms with Gasteiger partial charge in [0.15, 0.2) is 11.6 Å². The first-order valence-electron chi connectivity index (χ1n) is 13.5. The van der Waals surface area contributed by atoms with E-state index < -0.39 is 46.9 Å². The molecule has 0 aromatic heterocycles. The number of carboxylic acid groups (broad SMARTS) is 1. The molecule has 2 aromatic rings. The number of aromatic carboxylic acids is 1. The molecule has 2 fully saturated rings. The molecule has 2 aromatic carbocycles. The zero-order valence-electron chi connectivity index (χ0n) is 22.8. The molecular formula is C32H29NO8. The summed E-state index contributed by atoms with van der Waals surface area (Å²) in [4.78, 5) is 67.5. The van der Waals surface area contributed by atoms with Crippen molar-refractivity contribution in [1.82, 2.24) is 0 Å². The number of imide groups is 1. The smallest absolute Gasteiger partial charge is 0.335 e. The van der Waals surface area contributed by atoms with Gasteiger partial charge in [-0.2, -0.15) is 0 Å². The fourth-order valence-electron chi connectivity index (χ4n) is 7.71. The molecule has 0 unspecified atom stereocenters. The number of carboxylic acids is 1. The first kappa shape index (κ1) is 26.7. The maximum atomic E-state index is 14.0. The molecule has 0 bridgehead atoms. The van der Waals surface area contributed by atoms with Gasteiger partial charge >= 0.3 is 5.97 Å². The second-order valence-corrected chi connectivity index (χ2v) is 11.5. The van der Waals surface area contributed by atoms with Crippen LogP contribution in [0.4, 0.5) is 5.69 Å². The number of anilines is 1. The van der Waals surface area contributed by atoms with Gasteiger partial charge < -0.3 is 14.9 Å². The number of nitrogens with zero attached hydrogens (tertiary/aromatic N) is 1. The van der Waals surface area contributed by atoms with E-state index in [0.717, 1.165) is 10.5 Å². The maximum absolute atomic E-state index is 14.0. The van der Waals surface area contributed by atoms with Crippen molar-refractivity contribution in [2.45, 2.75) is 32.6 Å². The molecule has 3 aliphatic carbocycles. The fraction of sp³-hybridized carbons (Fsp3) is 0.344. The van der Waals surface area contributed by atoms with E-state index in [9.17, 15) is 34.2 Å². The summed E-state index contributed by atoms with van der Waals surface area (Å²) in [6.07, 6.45) is 3.71. The van der Waals surface area contributed by atoms with Gasteiger partial charge in [-0.25, -0.2) is 4.79 Å². The van der Waals surface area contributed by atoms with Crippen LogP contribution in [-0.2, 0) is 19.2 Å². The van der Waals surface area contributed by atoms with E-state index in [-0.39, 0.29) is 47.3 Å². The van der Waals surface area contributed by atoms with Crippen LogP contribution in [0, 0.1) is 29.1 Å². The minimum atomic E-state index is -1.24. The number of fused-ring (bicyclic) bond motifs is 4. The number of allylic oxidation sites excluding steroid dienone is 4. The molecule has 0 radical (unpaired) electrons. The highest BCUT2D eigenvalue weighted by molar-refractivity contribution is 6.22. The quantitative estimate of drug-likeness (QED) is 0.426. The number of amides is 2. The summed E-state index contributed by atoms with van der Waals surface area (Å²) in [6.45, 7) is 3.37. The van der Waals surface area contributed by atoms with Crippen LogP contribution < -0.4 is 9.64 Å². The third-order valence-electron chi connectivity index (χ3n) is 9.57. The summed E-state index contributed by atoms with van der Waals surface area (Å²) < 4.78 is 5.63. The second kappa shape index (κ2) is 9.26. The molecule has 2 amide bonds. The van der Waals surface area contributed by atoms with E-state index in [4.69, 9.17) is 4.74 Å². The van der Waals surface area contributed by atoms with Crippen LogP contribution in [-0.4, -0.2) is 46.7 Å². The molecule has 6 atom stereocenters. The summed E-state index contributed by atoms with van der Waals surface area (Å²) >= 11 is 0. The topological polar surface area (TPSA) is 138 Å². The lowest BCUT2D eigenvalue weighted by Crippen LogP contribution is -2.54. The Bertz CT molecular complexity index is 1600. The Hall–Kier alpha value is -4.53. The molecule has 4 aliphatic rings. The number of carbonyl (C=O) groups excluding carboxylic acids is 4. The standard InChI is InChI=1S/C32H29NO8/c1-15-13-23(35)21-14-20-18(27(32(21,2)28(15)36)26-22(34)5-4-6-24(26)41-3)11-12-19-25(20)30(38)33(29(19)37)17-9-7-16(8-10-17)31(39)40/h4-11,13,19-21,25,27,34H,12,14H2,1-3H3,(H,39,40)/t19-,20+,21-,25-,27+,32+/m0/s1. The maximum Gasteiger partial charge on any atom is 0.335 e. The van der Waals surface area contributed by atoms with Crippen LogP contribution >= 0.6 is 0 Å². The molecule has 41 heavy (non-hydrogen) atoms. The van der Waals surface area contributed by atoms with Gasteiger partial charge in [-0.1, -0.05) is 24.6 Å². The highest BCUT2D eigenvalue weighted by atomic mass is 16.5. The fourth-order valence-corrected chi connectivity index (χ4v) is 7.71. The number of hydrogen-bond donors (Lipinski definition) is 2. The third-order valence-corrected chi connectivity index (χ3v) is 9.57. The van der Waals surface area contributed by atoms with Gasteiger partial charge in [-0.05, 0) is 73.7 Å². The summed E-state index contributed by atoms with van der Waals surface area (Å²) in [7, 11) is 1.47. The average molecular weight is 556 g/mol. The number of phenols is 1. The predicted octanol–water partition coefficient (Wildman–Crippen LogP) is 4.06. The lowest BCUT2D eigenvalue weighted by Gasteiger charge is -2.53. The summed E-state index contributed by atoms with van der Waals surface area (Å²) in [5.41, 5.74) is 0.529. The SMILES string of the molecule is COc1cccc(O)c1[C@H]1C2=CC[C@@H]3C(=O)N(c4ccc(C(=O)O)cc4)C(=O)[C@@H]3[C@@H]2C[C@H]2C(=O)C=C(C)C(=O)[C@@]12C. The van der Waals surface area contributed by atoms with Gasteiger partial charge in [0.25, 0.3) is 0 Å². The number of rotatable bonds is 4. The van der Waals surface area contributed by atoms with Gasteiger partial charge in [-0.3, -0.25) is 24.1 Å². The molecule has 0 spiro atoms. The predicted molar refractivity (Wildman–Crippen MR) is 146 cm³/mol. The van der Waals surface area contributed by atoms with E-state index >= 15 is 0 Å². The van der Waals surface area contributed by atoms with Crippen molar-refractivity contribution in [2.75, 3.05) is 12.0 Å². The minimum absolute atomic E-state index is 0.0315. The average Bonchev–Trinajstić information content (AvgIpc) is 3.21. The van der Waals surface area contributed by atoms with Crippen molar-refractivity contribution < 1.29 is 38.9 Å². The molecule has 1 saturated heterocycles. The largest absolute Gasteiger partial charge is 0.508 e. The number of ketones is 2. The number of phenolic OH excluding ortho intramolecular Hbond substituents is 1. The molecule has 9 heteroatoms. The van der Waals surface area contributed by atoms with E-state index in [2.05, 4.69) is 0 Å². The van der Waals surface area contributed by atoms with E-state index in [0.29, 0.717) is 16.9 Å². The van der Waals surface area contributed by atoms with Crippen molar-refractivity contribution in [3.05, 3.63) is 76.9 Å². The van der Waals surface area contributed by atoms with Crippen molar-refractivity contribution in [1.29, 1.82) is 0 Å². The van der Waals surface area contributed by atoms with Crippen molar-refractivity contribution in [3.63, 3.8) is 0 Å². The molecule has 1 heterocycles. The first-order valence-corrected chi connectivity index (χ1v) is 13.5. The number of hydrogen-bond acceptors (Lipinski definition) is 7. The van der Waals surface area contributed by atoms with Crippen molar-refractivity contribution in [3.8, 4) is 11.5 Å². The van der Waals surface area contributed by atoms with Gasteiger partial charge in [0, 0.05) is 17.4 Å². The third kappa shape index (κ3) is 3.64. The van der Waals surface area contributed by atoms with Crippen LogP contribution in [0.15, 0.2) is 65.8 Å². The number of methoxy groups -OCH3 is 1. The summed E-state index contributed by atoms with van der Waals surface area (Å²) in [5, 5.41) is 20.4. The van der Waals surface area contributed by atoms with E-state index in [1.54, 1.807) is 26.0 Å². The zero-order valence-corrected chi connectivity index (χ0v) is 22.8. The highest BCUT2D eigenvalue weighted by Gasteiger charge is 2.64. The van der Waals surface area contributed by atoms with Gasteiger partial charge in [-0.15, -0.1) is 0 Å². The number of aromatic hydroxyl groups is 1. The molecule has 1 aliphatic heterocycles. The molecule has 6 rings (SSSR count). The number of Topliss-reactive ketones (excluding diaryl/α,β-unsaturated/α-hetero) is 1. The Balaban J connectivity index is 1.50. The minimum Gasteiger partial charge on any atom is -0.508 e. The molecule has 1 saturated carbocycles. The van der Waals surface area contributed by atoms with Gasteiger partial charge in [0.1, 0.15) is 11.5 Å². The summed E-state index contributed by atoms with van der Waals surface area (Å²) in [5.74, 6) is -5.60. The molecule has 210 valence electrons. The number of carbonyl (C=O) groups is 5. The zero-order chi connectivity index (χ0) is 29.4. The number of ether oxygens (including phenoxy) is 1. The molecular weight excluding hydrogens is 526 g/mol. The lowest BCUT2D eigenvalue weighted by molar-refractivity contribution is -0.141.